The Morgan fingerprint density at radius 2 is 1.72 bits per heavy atom. The third-order valence-electron chi connectivity index (χ3n) is 3.14. The van der Waals surface area contributed by atoms with Gasteiger partial charge in [0.2, 0.25) is 0 Å². The lowest BCUT2D eigenvalue weighted by molar-refractivity contribution is -0.136. The van der Waals surface area contributed by atoms with Crippen LogP contribution in [0.3, 0.4) is 0 Å². The van der Waals surface area contributed by atoms with Crippen LogP contribution in [0.15, 0.2) is 24.3 Å². The summed E-state index contributed by atoms with van der Waals surface area (Å²) >= 11 is 0. The van der Waals surface area contributed by atoms with Crippen molar-refractivity contribution in [3.8, 4) is 11.5 Å². The van der Waals surface area contributed by atoms with E-state index in [9.17, 15) is 4.79 Å². The molecule has 1 aromatic rings. The van der Waals surface area contributed by atoms with Crippen LogP contribution in [0.25, 0.3) is 0 Å². The summed E-state index contributed by atoms with van der Waals surface area (Å²) in [4.78, 5) is 13.9. The van der Waals surface area contributed by atoms with Crippen molar-refractivity contribution in [2.75, 3.05) is 20.2 Å². The third-order valence-corrected chi connectivity index (χ3v) is 3.14. The minimum absolute atomic E-state index is 0.0725. The minimum atomic E-state index is -0.434. The Morgan fingerprint density at radius 1 is 1.17 bits per heavy atom. The number of hydrogen-bond acceptors (Lipinski definition) is 3. The van der Waals surface area contributed by atoms with E-state index in [1.54, 1.807) is 14.0 Å². The monoisotopic (exact) mass is 249 g/mol. The summed E-state index contributed by atoms with van der Waals surface area (Å²) in [5.74, 6) is 1.54. The number of methoxy groups -OCH3 is 1. The lowest BCUT2D eigenvalue weighted by atomic mass is 10.3. The third kappa shape index (κ3) is 2.94. The van der Waals surface area contributed by atoms with Crippen LogP contribution in [0, 0.1) is 0 Å². The smallest absolute Gasteiger partial charge is 0.263 e. The molecule has 1 aromatic carbocycles. The van der Waals surface area contributed by atoms with Gasteiger partial charge in [0.25, 0.3) is 5.91 Å². The van der Waals surface area contributed by atoms with Gasteiger partial charge in [-0.3, -0.25) is 4.79 Å². The number of carbonyl (C=O) groups is 1. The van der Waals surface area contributed by atoms with Crippen LogP contribution in [0.1, 0.15) is 19.8 Å². The van der Waals surface area contributed by atoms with Crippen molar-refractivity contribution in [2.24, 2.45) is 0 Å². The van der Waals surface area contributed by atoms with Crippen molar-refractivity contribution >= 4 is 5.91 Å². The predicted molar refractivity (Wildman–Crippen MR) is 68.9 cm³/mol. The standard InChI is InChI=1S/C14H19NO3/c1-11(14(16)15-9-3-4-10-15)18-13-7-5-12(17-2)6-8-13/h5-8,11H,3-4,9-10H2,1-2H3/t11-/m0/s1. The van der Waals surface area contributed by atoms with Gasteiger partial charge in [0.15, 0.2) is 6.10 Å². The fourth-order valence-electron chi connectivity index (χ4n) is 2.10. The topological polar surface area (TPSA) is 38.8 Å². The van der Waals surface area contributed by atoms with Crippen LogP contribution in [-0.2, 0) is 4.79 Å². The van der Waals surface area contributed by atoms with Crippen LogP contribution in [-0.4, -0.2) is 37.1 Å². The van der Waals surface area contributed by atoms with Crippen LogP contribution in [0.5, 0.6) is 11.5 Å². The number of rotatable bonds is 4. The van der Waals surface area contributed by atoms with Gasteiger partial charge in [-0.05, 0) is 44.0 Å². The number of likely N-dealkylation sites (tertiary alicyclic amines) is 1. The van der Waals surface area contributed by atoms with Gasteiger partial charge in [-0.2, -0.15) is 0 Å². The number of hydrogen-bond donors (Lipinski definition) is 0. The second-order valence-electron chi connectivity index (χ2n) is 4.47. The number of benzene rings is 1. The van der Waals surface area contributed by atoms with E-state index in [4.69, 9.17) is 9.47 Å². The maximum atomic E-state index is 12.0. The molecule has 18 heavy (non-hydrogen) atoms. The Bertz CT molecular complexity index is 396. The Kier molecular flexibility index (Phi) is 4.07. The first-order valence-electron chi connectivity index (χ1n) is 6.30. The summed E-state index contributed by atoms with van der Waals surface area (Å²) in [6.45, 7) is 3.51. The van der Waals surface area contributed by atoms with Crippen molar-refractivity contribution < 1.29 is 14.3 Å². The molecule has 0 spiro atoms. The van der Waals surface area contributed by atoms with E-state index in [-0.39, 0.29) is 5.91 Å². The molecule has 1 aliphatic rings. The number of carbonyl (C=O) groups excluding carboxylic acids is 1. The van der Waals surface area contributed by atoms with Crippen LogP contribution in [0.2, 0.25) is 0 Å². The lowest BCUT2D eigenvalue weighted by Crippen LogP contribution is -2.38. The molecule has 2 rings (SSSR count). The highest BCUT2D eigenvalue weighted by Gasteiger charge is 2.24. The van der Waals surface area contributed by atoms with E-state index in [1.165, 1.54) is 0 Å². The molecule has 0 radical (unpaired) electrons. The normalized spacial score (nSPS) is 16.4. The Morgan fingerprint density at radius 3 is 2.28 bits per heavy atom. The van der Waals surface area contributed by atoms with Crippen LogP contribution in [0.4, 0.5) is 0 Å². The van der Waals surface area contributed by atoms with Gasteiger partial charge in [0.1, 0.15) is 11.5 Å². The summed E-state index contributed by atoms with van der Waals surface area (Å²) in [5, 5.41) is 0. The minimum Gasteiger partial charge on any atom is -0.497 e. The maximum Gasteiger partial charge on any atom is 0.263 e. The zero-order valence-corrected chi connectivity index (χ0v) is 10.9. The zero-order valence-electron chi connectivity index (χ0n) is 10.9. The SMILES string of the molecule is COc1ccc(O[C@@H](C)C(=O)N2CCCC2)cc1. The fraction of sp³-hybridized carbons (Fsp3) is 0.500. The van der Waals surface area contributed by atoms with Gasteiger partial charge in [0.05, 0.1) is 7.11 Å². The van der Waals surface area contributed by atoms with E-state index < -0.39 is 6.10 Å². The molecule has 1 fully saturated rings. The number of amides is 1. The van der Waals surface area contributed by atoms with E-state index >= 15 is 0 Å². The Hall–Kier alpha value is -1.71. The molecule has 1 heterocycles. The Labute approximate surface area is 107 Å². The number of ether oxygens (including phenoxy) is 2. The maximum absolute atomic E-state index is 12.0. The summed E-state index contributed by atoms with van der Waals surface area (Å²) in [7, 11) is 1.62. The molecule has 4 nitrogen and oxygen atoms in total. The molecule has 1 amide bonds. The molecule has 4 heteroatoms. The first kappa shape index (κ1) is 12.7. The molecule has 0 aromatic heterocycles. The van der Waals surface area contributed by atoms with E-state index in [0.717, 1.165) is 31.7 Å². The molecule has 0 N–H and O–H groups in total. The summed E-state index contributed by atoms with van der Waals surface area (Å²) < 4.78 is 10.7. The second-order valence-corrected chi connectivity index (χ2v) is 4.47. The summed E-state index contributed by atoms with van der Waals surface area (Å²) in [5.41, 5.74) is 0. The average Bonchev–Trinajstić information content (AvgIpc) is 2.92. The lowest BCUT2D eigenvalue weighted by Gasteiger charge is -2.21. The van der Waals surface area contributed by atoms with Crippen molar-refractivity contribution in [1.29, 1.82) is 0 Å². The first-order chi connectivity index (χ1) is 8.70. The molecule has 98 valence electrons. The molecular formula is C14H19NO3. The first-order valence-corrected chi connectivity index (χ1v) is 6.30. The molecule has 0 unspecified atom stereocenters. The van der Waals surface area contributed by atoms with Crippen LogP contribution >= 0.6 is 0 Å². The molecular weight excluding hydrogens is 230 g/mol. The van der Waals surface area contributed by atoms with Gasteiger partial charge in [-0.25, -0.2) is 0 Å². The quantitative estimate of drug-likeness (QED) is 0.820. The van der Waals surface area contributed by atoms with Gasteiger partial charge in [-0.15, -0.1) is 0 Å². The molecule has 1 aliphatic heterocycles. The highest BCUT2D eigenvalue weighted by atomic mass is 16.5. The van der Waals surface area contributed by atoms with Gasteiger partial charge in [-0.1, -0.05) is 0 Å². The summed E-state index contributed by atoms with van der Waals surface area (Å²) in [6.07, 6.45) is 1.76. The van der Waals surface area contributed by atoms with Gasteiger partial charge >= 0.3 is 0 Å². The number of nitrogens with zero attached hydrogens (tertiary/aromatic N) is 1. The van der Waals surface area contributed by atoms with Crippen LogP contribution < -0.4 is 9.47 Å². The van der Waals surface area contributed by atoms with Gasteiger partial charge in [0, 0.05) is 13.1 Å². The molecule has 1 atom stereocenters. The Balaban J connectivity index is 1.92. The van der Waals surface area contributed by atoms with E-state index in [2.05, 4.69) is 0 Å². The molecule has 1 saturated heterocycles. The predicted octanol–water partition coefficient (Wildman–Crippen LogP) is 2.08. The largest absolute Gasteiger partial charge is 0.497 e. The van der Waals surface area contributed by atoms with E-state index in [1.807, 2.05) is 29.2 Å². The second kappa shape index (κ2) is 5.76. The highest BCUT2D eigenvalue weighted by molar-refractivity contribution is 5.81. The van der Waals surface area contributed by atoms with E-state index in [0.29, 0.717) is 5.75 Å². The van der Waals surface area contributed by atoms with Crippen molar-refractivity contribution in [3.05, 3.63) is 24.3 Å². The molecule has 0 bridgehead atoms. The van der Waals surface area contributed by atoms with Gasteiger partial charge < -0.3 is 14.4 Å². The molecule has 0 aliphatic carbocycles. The fourth-order valence-corrected chi connectivity index (χ4v) is 2.10. The van der Waals surface area contributed by atoms with Crippen molar-refractivity contribution in [3.63, 3.8) is 0 Å². The molecule has 0 saturated carbocycles. The van der Waals surface area contributed by atoms with Crippen molar-refractivity contribution in [2.45, 2.75) is 25.9 Å². The highest BCUT2D eigenvalue weighted by Crippen LogP contribution is 2.19. The average molecular weight is 249 g/mol. The summed E-state index contributed by atoms with van der Waals surface area (Å²) in [6, 6.07) is 7.27. The zero-order chi connectivity index (χ0) is 13.0. The van der Waals surface area contributed by atoms with Crippen molar-refractivity contribution in [1.82, 2.24) is 4.90 Å².